The zero-order valence-corrected chi connectivity index (χ0v) is 5.42. The predicted octanol–water partition coefficient (Wildman–Crippen LogP) is 0.692. The topological polar surface area (TPSA) is 29.1 Å². The summed E-state index contributed by atoms with van der Waals surface area (Å²) in [5, 5.41) is 2.35. The summed E-state index contributed by atoms with van der Waals surface area (Å²) in [6.45, 7) is 0. The van der Waals surface area contributed by atoms with Crippen molar-refractivity contribution in [2.24, 2.45) is 0 Å². The molecule has 0 aliphatic rings. The monoisotopic (exact) mass is 129 g/mol. The molecule has 0 unspecified atom stereocenters. The Morgan fingerprint density at radius 1 is 2.00 bits per heavy atom. The van der Waals surface area contributed by atoms with Gasteiger partial charge in [-0.3, -0.25) is 4.79 Å². The molecule has 0 aromatic carbocycles. The van der Waals surface area contributed by atoms with Crippen LogP contribution in [-0.4, -0.2) is 18.0 Å². The van der Waals surface area contributed by atoms with E-state index in [1.54, 1.807) is 7.05 Å². The van der Waals surface area contributed by atoms with Gasteiger partial charge in [0.25, 0.3) is 5.24 Å². The van der Waals surface area contributed by atoms with Gasteiger partial charge < -0.3 is 5.32 Å². The van der Waals surface area contributed by atoms with Crippen LogP contribution in [0.4, 0.5) is 4.79 Å². The van der Waals surface area contributed by atoms with Crippen molar-refractivity contribution in [3.63, 3.8) is 0 Å². The van der Waals surface area contributed by atoms with Gasteiger partial charge in [-0.1, -0.05) is 17.7 Å². The Morgan fingerprint density at radius 2 is 2.62 bits per heavy atom. The van der Waals surface area contributed by atoms with Crippen molar-refractivity contribution in [2.75, 3.05) is 12.8 Å². The Morgan fingerprint density at radius 3 is 3.00 bits per heavy atom. The smallest absolute Gasteiger partial charge is 0.279 e. The number of terminal acetylenes is 1. The predicted molar refractivity (Wildman–Crippen MR) is 35.7 cm³/mol. The van der Waals surface area contributed by atoms with Crippen LogP contribution in [0, 0.1) is 12.3 Å². The van der Waals surface area contributed by atoms with E-state index in [1.165, 1.54) is 0 Å². The molecule has 0 heterocycles. The van der Waals surface area contributed by atoms with E-state index >= 15 is 0 Å². The summed E-state index contributed by atoms with van der Waals surface area (Å²) in [7, 11) is 1.58. The molecular weight excluding hydrogens is 122 g/mol. The van der Waals surface area contributed by atoms with Gasteiger partial charge in [0.1, 0.15) is 0 Å². The number of carbonyl (C=O) groups is 1. The number of hydrogen-bond donors (Lipinski definition) is 1. The minimum atomic E-state index is -0.0806. The molecule has 0 saturated carbocycles. The molecule has 0 aliphatic carbocycles. The number of thioether (sulfide) groups is 1. The van der Waals surface area contributed by atoms with E-state index in [1.807, 2.05) is 0 Å². The molecule has 0 aromatic heterocycles. The van der Waals surface area contributed by atoms with Gasteiger partial charge in [0.15, 0.2) is 0 Å². The first-order valence-corrected chi connectivity index (χ1v) is 3.07. The largest absolute Gasteiger partial charge is 0.350 e. The standard InChI is InChI=1S/C5H7NOS/c1-3-4-8-5(7)6-2/h1H,4H2,2H3,(H,6,7). The molecule has 0 rings (SSSR count). The maximum absolute atomic E-state index is 10.3. The molecule has 44 valence electrons. The molecule has 0 aromatic rings. The van der Waals surface area contributed by atoms with Crippen LogP contribution < -0.4 is 5.32 Å². The van der Waals surface area contributed by atoms with Crippen LogP contribution in [-0.2, 0) is 0 Å². The molecule has 0 spiro atoms. The van der Waals surface area contributed by atoms with Crippen LogP contribution in [0.3, 0.4) is 0 Å². The van der Waals surface area contributed by atoms with Crippen molar-refractivity contribution in [3.05, 3.63) is 0 Å². The fourth-order valence-corrected chi connectivity index (χ4v) is 0.538. The molecule has 1 N–H and O–H groups in total. The molecule has 3 heteroatoms. The van der Waals surface area contributed by atoms with E-state index in [-0.39, 0.29) is 5.24 Å². The summed E-state index contributed by atoms with van der Waals surface area (Å²) in [6.07, 6.45) is 4.88. The third-order valence-corrected chi connectivity index (χ3v) is 1.27. The van der Waals surface area contributed by atoms with Crippen molar-refractivity contribution in [2.45, 2.75) is 0 Å². The molecule has 0 atom stereocenters. The number of rotatable bonds is 1. The first-order chi connectivity index (χ1) is 3.81. The second-order valence-corrected chi connectivity index (χ2v) is 1.98. The van der Waals surface area contributed by atoms with Gasteiger partial charge in [-0.2, -0.15) is 0 Å². The van der Waals surface area contributed by atoms with Crippen LogP contribution in [0.5, 0.6) is 0 Å². The van der Waals surface area contributed by atoms with Crippen molar-refractivity contribution in [3.8, 4) is 12.3 Å². The molecule has 0 saturated heterocycles. The third kappa shape index (κ3) is 3.57. The summed E-state index contributed by atoms with van der Waals surface area (Å²) in [4.78, 5) is 10.3. The quantitative estimate of drug-likeness (QED) is 0.528. The molecule has 8 heavy (non-hydrogen) atoms. The van der Waals surface area contributed by atoms with E-state index in [0.29, 0.717) is 5.75 Å². The highest BCUT2D eigenvalue weighted by molar-refractivity contribution is 8.13. The summed E-state index contributed by atoms with van der Waals surface area (Å²) < 4.78 is 0. The summed E-state index contributed by atoms with van der Waals surface area (Å²) in [5.41, 5.74) is 0. The summed E-state index contributed by atoms with van der Waals surface area (Å²) >= 11 is 1.09. The van der Waals surface area contributed by atoms with Gasteiger partial charge >= 0.3 is 0 Å². The van der Waals surface area contributed by atoms with Crippen LogP contribution in [0.25, 0.3) is 0 Å². The minimum absolute atomic E-state index is 0.0806. The Bertz CT molecular complexity index is 116. The fraction of sp³-hybridized carbons (Fsp3) is 0.400. The van der Waals surface area contributed by atoms with E-state index in [9.17, 15) is 4.79 Å². The van der Waals surface area contributed by atoms with Gasteiger partial charge in [-0.05, 0) is 0 Å². The van der Waals surface area contributed by atoms with Crippen LogP contribution in [0.2, 0.25) is 0 Å². The molecule has 2 nitrogen and oxygen atoms in total. The molecular formula is C5H7NOS. The van der Waals surface area contributed by atoms with Crippen molar-refractivity contribution in [1.82, 2.24) is 5.32 Å². The normalized spacial score (nSPS) is 7.50. The zero-order valence-electron chi connectivity index (χ0n) is 4.60. The number of nitrogens with one attached hydrogen (secondary N) is 1. The van der Waals surface area contributed by atoms with Crippen LogP contribution in [0.15, 0.2) is 0 Å². The highest BCUT2D eigenvalue weighted by Gasteiger charge is 1.92. The molecule has 1 amide bonds. The number of carbonyl (C=O) groups excluding carboxylic acids is 1. The van der Waals surface area contributed by atoms with Gasteiger partial charge in [-0.25, -0.2) is 0 Å². The average Bonchev–Trinajstić information content (AvgIpc) is 1.83. The average molecular weight is 129 g/mol. The molecule has 0 aliphatic heterocycles. The van der Waals surface area contributed by atoms with Crippen LogP contribution >= 0.6 is 11.8 Å². The maximum Gasteiger partial charge on any atom is 0.279 e. The van der Waals surface area contributed by atoms with E-state index < -0.39 is 0 Å². The third-order valence-electron chi connectivity index (χ3n) is 0.491. The van der Waals surface area contributed by atoms with Gasteiger partial charge in [-0.15, -0.1) is 6.42 Å². The lowest BCUT2D eigenvalue weighted by Gasteiger charge is -1.90. The second kappa shape index (κ2) is 4.54. The van der Waals surface area contributed by atoms with E-state index in [4.69, 9.17) is 6.42 Å². The molecule has 0 bridgehead atoms. The Hall–Kier alpha value is -0.620. The van der Waals surface area contributed by atoms with Crippen LogP contribution in [0.1, 0.15) is 0 Å². The van der Waals surface area contributed by atoms with Gasteiger partial charge in [0.05, 0.1) is 5.75 Å². The van der Waals surface area contributed by atoms with Gasteiger partial charge in [0, 0.05) is 7.05 Å². The lowest BCUT2D eigenvalue weighted by Crippen LogP contribution is -2.11. The first-order valence-electron chi connectivity index (χ1n) is 2.09. The van der Waals surface area contributed by atoms with E-state index in [0.717, 1.165) is 11.8 Å². The first kappa shape index (κ1) is 7.38. The highest BCUT2D eigenvalue weighted by Crippen LogP contribution is 1.96. The van der Waals surface area contributed by atoms with Crippen molar-refractivity contribution < 1.29 is 4.79 Å². The molecule has 0 fully saturated rings. The summed E-state index contributed by atoms with van der Waals surface area (Å²) in [6, 6.07) is 0. The second-order valence-electron chi connectivity index (χ2n) is 1.03. The lowest BCUT2D eigenvalue weighted by molar-refractivity contribution is 0.262. The number of hydrogen-bond acceptors (Lipinski definition) is 2. The Balaban J connectivity index is 3.15. The Kier molecular flexibility index (Phi) is 4.19. The lowest BCUT2D eigenvalue weighted by atomic mass is 10.8. The summed E-state index contributed by atoms with van der Waals surface area (Å²) in [5.74, 6) is 2.78. The maximum atomic E-state index is 10.3. The fourth-order valence-electron chi connectivity index (χ4n) is 0.179. The van der Waals surface area contributed by atoms with Crippen molar-refractivity contribution in [1.29, 1.82) is 0 Å². The zero-order chi connectivity index (χ0) is 6.41. The SMILES string of the molecule is C#CCSC(=O)NC. The number of amides is 1. The van der Waals surface area contributed by atoms with E-state index in [2.05, 4.69) is 11.2 Å². The Labute approximate surface area is 53.0 Å². The molecule has 0 radical (unpaired) electrons. The highest BCUT2D eigenvalue weighted by atomic mass is 32.2. The van der Waals surface area contributed by atoms with Crippen molar-refractivity contribution >= 4 is 17.0 Å². The minimum Gasteiger partial charge on any atom is -0.350 e. The van der Waals surface area contributed by atoms with Gasteiger partial charge in [0.2, 0.25) is 0 Å².